The molecule has 0 radical (unpaired) electrons. The fourth-order valence-corrected chi connectivity index (χ4v) is 3.91. The smallest absolute Gasteiger partial charge is 0.423 e. The Bertz CT molecular complexity index is 1000. The van der Waals surface area contributed by atoms with Crippen LogP contribution < -0.4 is 11.2 Å². The van der Waals surface area contributed by atoms with Crippen molar-refractivity contribution in [2.75, 3.05) is 26.8 Å². The van der Waals surface area contributed by atoms with Crippen molar-refractivity contribution in [3.8, 4) is 12.3 Å². The molecule has 9 nitrogen and oxygen atoms in total. The molecular weight excluding hydrogens is 483 g/mol. The minimum atomic E-state index is -4.96. The maximum atomic E-state index is 13.1. The third kappa shape index (κ3) is 8.71. The van der Waals surface area contributed by atoms with E-state index in [1.165, 1.54) is 30.6 Å². The quantitative estimate of drug-likeness (QED) is 0.316. The third-order valence-corrected chi connectivity index (χ3v) is 5.92. The molecule has 1 amide bonds. The summed E-state index contributed by atoms with van der Waals surface area (Å²) in [5.74, 6) is 2.29. The lowest BCUT2D eigenvalue weighted by molar-refractivity contribution is -0.139. The van der Waals surface area contributed by atoms with Gasteiger partial charge in [-0.25, -0.2) is 9.59 Å². The monoisotopic (exact) mass is 517 g/mol. The van der Waals surface area contributed by atoms with Crippen molar-refractivity contribution >= 4 is 6.09 Å². The highest BCUT2D eigenvalue weighted by Crippen LogP contribution is 2.32. The van der Waals surface area contributed by atoms with Crippen LogP contribution in [0.15, 0.2) is 15.8 Å². The van der Waals surface area contributed by atoms with Gasteiger partial charge in [0.25, 0.3) is 5.56 Å². The Kier molecular flexibility index (Phi) is 11.5. The first-order valence-corrected chi connectivity index (χ1v) is 12.1. The van der Waals surface area contributed by atoms with E-state index in [2.05, 4.69) is 12.8 Å². The number of carbonyl (C=O) groups is 1. The van der Waals surface area contributed by atoms with Crippen molar-refractivity contribution in [3.05, 3.63) is 32.6 Å². The molecule has 36 heavy (non-hydrogen) atoms. The first-order valence-electron chi connectivity index (χ1n) is 12.1. The van der Waals surface area contributed by atoms with Crippen molar-refractivity contribution in [1.29, 1.82) is 0 Å². The van der Waals surface area contributed by atoms with Gasteiger partial charge in [-0.2, -0.15) is 13.2 Å². The maximum absolute atomic E-state index is 13.1. The van der Waals surface area contributed by atoms with E-state index < -0.39 is 47.5 Å². The highest BCUT2D eigenvalue weighted by molar-refractivity contribution is 5.67. The second-order valence-electron chi connectivity index (χ2n) is 8.75. The molecule has 1 aliphatic rings. The third-order valence-electron chi connectivity index (χ3n) is 5.92. The van der Waals surface area contributed by atoms with E-state index in [1.54, 1.807) is 12.0 Å². The summed E-state index contributed by atoms with van der Waals surface area (Å²) < 4.78 is 56.6. The Morgan fingerprint density at radius 2 is 1.92 bits per heavy atom. The number of H-pyrrole nitrogens is 1. The van der Waals surface area contributed by atoms with Crippen LogP contribution in [0.25, 0.3) is 0 Å². The molecular formula is C24H34F3N3O6. The van der Waals surface area contributed by atoms with Gasteiger partial charge >= 0.3 is 18.0 Å². The fourth-order valence-electron chi connectivity index (χ4n) is 3.91. The van der Waals surface area contributed by atoms with Crippen LogP contribution in [-0.2, 0) is 20.4 Å². The maximum Gasteiger partial charge on any atom is 0.423 e. The molecule has 1 aromatic rings. The van der Waals surface area contributed by atoms with Gasteiger partial charge in [-0.1, -0.05) is 51.4 Å². The zero-order valence-electron chi connectivity index (χ0n) is 20.6. The second kappa shape index (κ2) is 14.1. The number of hydrogen-bond donors (Lipinski definition) is 1. The van der Waals surface area contributed by atoms with Gasteiger partial charge in [0.2, 0.25) is 0 Å². The summed E-state index contributed by atoms with van der Waals surface area (Å²) in [6, 6.07) is 0. The van der Waals surface area contributed by atoms with E-state index in [0.29, 0.717) is 17.3 Å². The number of halogens is 3. The number of aromatic nitrogens is 2. The van der Waals surface area contributed by atoms with Crippen LogP contribution in [0.3, 0.4) is 0 Å². The number of terminal acetylenes is 1. The number of aromatic amines is 1. The summed E-state index contributed by atoms with van der Waals surface area (Å²) in [5, 5.41) is 0. The van der Waals surface area contributed by atoms with Crippen molar-refractivity contribution in [1.82, 2.24) is 14.5 Å². The molecule has 202 valence electrons. The average Bonchev–Trinajstić information content (AvgIpc) is 3.22. The lowest BCUT2D eigenvalue weighted by Crippen LogP contribution is -2.37. The van der Waals surface area contributed by atoms with E-state index in [0.717, 1.165) is 19.3 Å². The van der Waals surface area contributed by atoms with Crippen LogP contribution in [0.4, 0.5) is 18.0 Å². The predicted octanol–water partition coefficient (Wildman–Crippen LogP) is 3.68. The van der Waals surface area contributed by atoms with E-state index in [-0.39, 0.29) is 19.6 Å². The van der Waals surface area contributed by atoms with Gasteiger partial charge in [0.05, 0.1) is 6.10 Å². The summed E-state index contributed by atoms with van der Waals surface area (Å²) in [7, 11) is 1.61. The van der Waals surface area contributed by atoms with Gasteiger partial charge in [0.15, 0.2) is 0 Å². The molecule has 2 rings (SSSR count). The van der Waals surface area contributed by atoms with Crippen LogP contribution in [-0.4, -0.2) is 59.6 Å². The normalized spacial score (nSPS) is 19.7. The van der Waals surface area contributed by atoms with Gasteiger partial charge in [0, 0.05) is 26.2 Å². The first-order chi connectivity index (χ1) is 17.1. The number of nitrogens with zero attached hydrogens (tertiary/aromatic N) is 2. The van der Waals surface area contributed by atoms with Crippen molar-refractivity contribution < 1.29 is 32.2 Å². The number of ether oxygens (including phenoxy) is 3. The van der Waals surface area contributed by atoms with Crippen molar-refractivity contribution in [2.45, 2.75) is 82.9 Å². The number of alkyl halides is 3. The number of unbranched alkanes of at least 4 members (excludes halogenated alkanes) is 6. The molecule has 0 spiro atoms. The SMILES string of the molecule is C#CCO[C@H]1C[C@H](n2cc(C(F)(F)F)c(=O)[nH]c2=O)O[C@@H]1COC(=O)N(C)CCCCCCCCC. The van der Waals surface area contributed by atoms with E-state index in [1.807, 2.05) is 0 Å². The van der Waals surface area contributed by atoms with E-state index in [4.69, 9.17) is 20.6 Å². The van der Waals surface area contributed by atoms with Crippen molar-refractivity contribution in [3.63, 3.8) is 0 Å². The van der Waals surface area contributed by atoms with Gasteiger partial charge < -0.3 is 19.1 Å². The minimum absolute atomic E-state index is 0.0407. The highest BCUT2D eigenvalue weighted by atomic mass is 19.4. The zero-order chi connectivity index (χ0) is 26.7. The second-order valence-corrected chi connectivity index (χ2v) is 8.75. The molecule has 0 bridgehead atoms. The Hall–Kier alpha value is -2.78. The highest BCUT2D eigenvalue weighted by Gasteiger charge is 2.40. The van der Waals surface area contributed by atoms with Crippen LogP contribution in [0.1, 0.15) is 70.1 Å². The number of nitrogens with one attached hydrogen (secondary N) is 1. The minimum Gasteiger partial charge on any atom is -0.447 e. The van der Waals surface area contributed by atoms with Gasteiger partial charge in [-0.3, -0.25) is 14.3 Å². The van der Waals surface area contributed by atoms with Crippen LogP contribution in [0.2, 0.25) is 0 Å². The predicted molar refractivity (Wildman–Crippen MR) is 125 cm³/mol. The first kappa shape index (κ1) is 29.5. The van der Waals surface area contributed by atoms with Crippen LogP contribution in [0.5, 0.6) is 0 Å². The molecule has 0 saturated carbocycles. The number of amides is 1. The molecule has 12 heteroatoms. The molecule has 0 unspecified atom stereocenters. The summed E-state index contributed by atoms with van der Waals surface area (Å²) >= 11 is 0. The van der Waals surface area contributed by atoms with Gasteiger partial charge in [0.1, 0.15) is 31.1 Å². The average molecular weight is 518 g/mol. The summed E-state index contributed by atoms with van der Waals surface area (Å²) in [4.78, 5) is 39.2. The molecule has 1 saturated heterocycles. The lowest BCUT2D eigenvalue weighted by Gasteiger charge is -2.21. The molecule has 3 atom stereocenters. The molecule has 1 N–H and O–H groups in total. The number of carbonyl (C=O) groups excluding carboxylic acids is 1. The molecule has 1 aliphatic heterocycles. The fraction of sp³-hybridized carbons (Fsp3) is 0.708. The zero-order valence-corrected chi connectivity index (χ0v) is 20.6. The molecule has 1 fully saturated rings. The number of rotatable bonds is 13. The van der Waals surface area contributed by atoms with Crippen molar-refractivity contribution in [2.24, 2.45) is 0 Å². The Labute approximate surface area is 207 Å². The lowest BCUT2D eigenvalue weighted by atomic mass is 10.1. The summed E-state index contributed by atoms with van der Waals surface area (Å²) in [6.45, 7) is 2.31. The summed E-state index contributed by atoms with van der Waals surface area (Å²) in [5.41, 5.74) is -4.15. The molecule has 0 aromatic carbocycles. The van der Waals surface area contributed by atoms with Gasteiger partial charge in [-0.15, -0.1) is 6.42 Å². The van der Waals surface area contributed by atoms with E-state index >= 15 is 0 Å². The Morgan fingerprint density at radius 3 is 2.56 bits per heavy atom. The molecule has 1 aromatic heterocycles. The van der Waals surface area contributed by atoms with Crippen LogP contribution in [0, 0.1) is 12.3 Å². The largest absolute Gasteiger partial charge is 0.447 e. The number of hydrogen-bond acceptors (Lipinski definition) is 6. The molecule has 0 aliphatic carbocycles. The Balaban J connectivity index is 1.96. The topological polar surface area (TPSA) is 103 Å². The van der Waals surface area contributed by atoms with Crippen LogP contribution >= 0.6 is 0 Å². The van der Waals surface area contributed by atoms with E-state index in [9.17, 15) is 27.6 Å². The summed E-state index contributed by atoms with van der Waals surface area (Å²) in [6.07, 6.45) is 4.98. The van der Waals surface area contributed by atoms with Gasteiger partial charge in [-0.05, 0) is 6.42 Å². The molecule has 2 heterocycles. The standard InChI is InChI=1S/C24H34F3N3O6/c1-4-6-7-8-9-10-11-12-29(3)23(33)35-16-19-18(34-13-5-2)14-20(36-19)30-15-17(24(25,26)27)21(31)28-22(30)32/h2,15,18-20H,4,6-14,16H2,1,3H3,(H,28,31,32)/t18-,19+,20+/m0/s1. The Morgan fingerprint density at radius 1 is 1.25 bits per heavy atom.